The highest BCUT2D eigenvalue weighted by atomic mass is 35.5. The first-order valence-electron chi connectivity index (χ1n) is 5.94. The maximum atomic E-state index is 6.24. The first-order chi connectivity index (χ1) is 9.19. The van der Waals surface area contributed by atoms with Crippen LogP contribution >= 0.6 is 23.1 Å². The van der Waals surface area contributed by atoms with Crippen LogP contribution in [0.3, 0.4) is 0 Å². The molecule has 1 aromatic carbocycles. The molecule has 2 aromatic heterocycles. The quantitative estimate of drug-likeness (QED) is 0.802. The number of nitrogens with zero attached hydrogens (tertiary/aromatic N) is 2. The van der Waals surface area contributed by atoms with Gasteiger partial charge >= 0.3 is 0 Å². The third-order valence-corrected chi connectivity index (χ3v) is 4.09. The number of furan rings is 1. The molecule has 2 N–H and O–H groups in total. The van der Waals surface area contributed by atoms with Crippen LogP contribution < -0.4 is 5.73 Å². The van der Waals surface area contributed by atoms with Crippen LogP contribution in [0.4, 0.5) is 0 Å². The molecule has 0 aliphatic heterocycles. The summed E-state index contributed by atoms with van der Waals surface area (Å²) in [5.41, 5.74) is 7.95. The summed E-state index contributed by atoms with van der Waals surface area (Å²) in [6.45, 7) is 2.03. The summed E-state index contributed by atoms with van der Waals surface area (Å²) in [6.07, 6.45) is 0.811. The second-order valence-electron chi connectivity index (χ2n) is 4.25. The van der Waals surface area contributed by atoms with Crippen molar-refractivity contribution in [3.8, 4) is 0 Å². The molecule has 0 amide bonds. The Morgan fingerprint density at radius 1 is 1.42 bits per heavy atom. The molecule has 19 heavy (non-hydrogen) atoms. The van der Waals surface area contributed by atoms with Crippen LogP contribution in [0.25, 0.3) is 11.0 Å². The first kappa shape index (κ1) is 12.6. The lowest BCUT2D eigenvalue weighted by Gasteiger charge is -2.06. The van der Waals surface area contributed by atoms with Crippen LogP contribution in [0.5, 0.6) is 0 Å². The molecule has 0 aliphatic rings. The number of halogens is 1. The maximum absolute atomic E-state index is 6.24. The minimum absolute atomic E-state index is 0.332. The molecular weight excluding hydrogens is 282 g/mol. The number of nitrogens with two attached hydrogens (primary N) is 1. The van der Waals surface area contributed by atoms with E-state index in [2.05, 4.69) is 9.59 Å². The lowest BCUT2D eigenvalue weighted by molar-refractivity contribution is 0.526. The van der Waals surface area contributed by atoms with Crippen molar-refractivity contribution in [2.45, 2.75) is 19.4 Å². The Kier molecular flexibility index (Phi) is 3.26. The number of aryl methyl sites for hydroxylation is 1. The number of hydrogen-bond donors (Lipinski definition) is 1. The fourth-order valence-corrected chi connectivity index (χ4v) is 2.94. The van der Waals surface area contributed by atoms with Gasteiger partial charge in [-0.15, -0.1) is 5.10 Å². The Morgan fingerprint density at radius 2 is 2.26 bits per heavy atom. The lowest BCUT2D eigenvalue weighted by atomic mass is 10.1. The molecule has 0 saturated carbocycles. The van der Waals surface area contributed by atoms with E-state index < -0.39 is 0 Å². The monoisotopic (exact) mass is 293 g/mol. The van der Waals surface area contributed by atoms with Gasteiger partial charge in [0.05, 0.1) is 10.6 Å². The van der Waals surface area contributed by atoms with Crippen LogP contribution in [0.2, 0.25) is 5.02 Å². The Labute approximate surface area is 119 Å². The van der Waals surface area contributed by atoms with Crippen LogP contribution in [-0.4, -0.2) is 9.59 Å². The molecule has 3 rings (SSSR count). The molecule has 98 valence electrons. The van der Waals surface area contributed by atoms with Gasteiger partial charge in [-0.25, -0.2) is 0 Å². The van der Waals surface area contributed by atoms with Gasteiger partial charge in [0, 0.05) is 10.4 Å². The van der Waals surface area contributed by atoms with E-state index in [9.17, 15) is 0 Å². The molecule has 1 unspecified atom stereocenters. The van der Waals surface area contributed by atoms with E-state index in [1.165, 1.54) is 11.5 Å². The Bertz CT molecular complexity index is 722. The third kappa shape index (κ3) is 2.25. The summed E-state index contributed by atoms with van der Waals surface area (Å²) in [7, 11) is 0. The molecule has 0 bridgehead atoms. The van der Waals surface area contributed by atoms with Crippen molar-refractivity contribution in [2.24, 2.45) is 5.73 Å². The van der Waals surface area contributed by atoms with E-state index in [1.54, 1.807) is 6.07 Å². The zero-order valence-corrected chi connectivity index (χ0v) is 11.8. The van der Waals surface area contributed by atoms with Gasteiger partial charge < -0.3 is 10.2 Å². The van der Waals surface area contributed by atoms with Crippen molar-refractivity contribution >= 4 is 34.1 Å². The Balaban J connectivity index is 2.04. The predicted molar refractivity (Wildman–Crippen MR) is 76.5 cm³/mol. The molecule has 4 nitrogen and oxygen atoms in total. The van der Waals surface area contributed by atoms with Crippen molar-refractivity contribution in [1.29, 1.82) is 0 Å². The Hall–Kier alpha value is -1.43. The van der Waals surface area contributed by atoms with Gasteiger partial charge in [-0.1, -0.05) is 23.0 Å². The van der Waals surface area contributed by atoms with Gasteiger partial charge in [-0.3, -0.25) is 0 Å². The standard InChI is InChI=1S/C13H12ClN3OS/c1-2-9-13(19-17-16-9)12(15)11-6-7-5-8(14)3-4-10(7)18-11/h3-6,12H,2,15H2,1H3. The van der Waals surface area contributed by atoms with E-state index in [4.69, 9.17) is 21.8 Å². The van der Waals surface area contributed by atoms with Gasteiger partial charge in [-0.05, 0) is 42.2 Å². The number of hydrogen-bond acceptors (Lipinski definition) is 5. The van der Waals surface area contributed by atoms with E-state index in [-0.39, 0.29) is 6.04 Å². The van der Waals surface area contributed by atoms with Crippen molar-refractivity contribution < 1.29 is 4.42 Å². The van der Waals surface area contributed by atoms with Crippen LogP contribution in [0.15, 0.2) is 28.7 Å². The van der Waals surface area contributed by atoms with Crippen molar-refractivity contribution in [2.75, 3.05) is 0 Å². The van der Waals surface area contributed by atoms with Crippen LogP contribution in [0.1, 0.15) is 29.3 Å². The topological polar surface area (TPSA) is 64.9 Å². The van der Waals surface area contributed by atoms with Crippen LogP contribution in [-0.2, 0) is 6.42 Å². The molecule has 0 radical (unpaired) electrons. The molecule has 0 saturated heterocycles. The molecule has 1 atom stereocenters. The minimum Gasteiger partial charge on any atom is -0.459 e. The van der Waals surface area contributed by atoms with Crippen molar-refractivity contribution in [3.63, 3.8) is 0 Å². The molecule has 3 aromatic rings. The Morgan fingerprint density at radius 3 is 3.05 bits per heavy atom. The SMILES string of the molecule is CCc1nnsc1C(N)c1cc2cc(Cl)ccc2o1. The fourth-order valence-electron chi connectivity index (χ4n) is 2.01. The van der Waals surface area contributed by atoms with Gasteiger partial charge in [0.25, 0.3) is 0 Å². The summed E-state index contributed by atoms with van der Waals surface area (Å²) in [6, 6.07) is 7.10. The molecule has 2 heterocycles. The van der Waals surface area contributed by atoms with Gasteiger partial charge in [0.2, 0.25) is 0 Å². The number of fused-ring (bicyclic) bond motifs is 1. The fraction of sp³-hybridized carbons (Fsp3) is 0.231. The second kappa shape index (κ2) is 4.92. The number of aromatic nitrogens is 2. The molecule has 6 heteroatoms. The third-order valence-electron chi connectivity index (χ3n) is 3.01. The highest BCUT2D eigenvalue weighted by molar-refractivity contribution is 7.05. The smallest absolute Gasteiger partial charge is 0.134 e. The molecule has 0 fully saturated rings. The highest BCUT2D eigenvalue weighted by Crippen LogP contribution is 2.30. The second-order valence-corrected chi connectivity index (χ2v) is 5.47. The highest BCUT2D eigenvalue weighted by Gasteiger charge is 2.20. The van der Waals surface area contributed by atoms with E-state index in [0.717, 1.165) is 28.0 Å². The van der Waals surface area contributed by atoms with Gasteiger partial charge in [-0.2, -0.15) is 0 Å². The molecule has 0 aliphatic carbocycles. The molecular formula is C13H12ClN3OS. The number of rotatable bonds is 3. The maximum Gasteiger partial charge on any atom is 0.134 e. The summed E-state index contributed by atoms with van der Waals surface area (Å²) in [4.78, 5) is 0.952. The van der Waals surface area contributed by atoms with Crippen molar-refractivity contribution in [3.05, 3.63) is 45.6 Å². The zero-order valence-electron chi connectivity index (χ0n) is 10.3. The van der Waals surface area contributed by atoms with Gasteiger partial charge in [0.1, 0.15) is 17.4 Å². The lowest BCUT2D eigenvalue weighted by Crippen LogP contribution is -2.11. The van der Waals surface area contributed by atoms with E-state index >= 15 is 0 Å². The first-order valence-corrected chi connectivity index (χ1v) is 7.10. The summed E-state index contributed by atoms with van der Waals surface area (Å²) >= 11 is 7.28. The summed E-state index contributed by atoms with van der Waals surface area (Å²) < 4.78 is 9.73. The minimum atomic E-state index is -0.332. The predicted octanol–water partition coefficient (Wildman–Crippen LogP) is 3.55. The number of benzene rings is 1. The van der Waals surface area contributed by atoms with E-state index in [1.807, 2.05) is 25.1 Å². The van der Waals surface area contributed by atoms with Crippen molar-refractivity contribution in [1.82, 2.24) is 9.59 Å². The summed E-state index contributed by atoms with van der Waals surface area (Å²) in [5.74, 6) is 0.706. The summed E-state index contributed by atoms with van der Waals surface area (Å²) in [5, 5.41) is 5.71. The van der Waals surface area contributed by atoms with E-state index in [0.29, 0.717) is 10.8 Å². The average molecular weight is 294 g/mol. The van der Waals surface area contributed by atoms with Gasteiger partial charge in [0.15, 0.2) is 0 Å². The largest absolute Gasteiger partial charge is 0.459 e. The van der Waals surface area contributed by atoms with Crippen LogP contribution in [0, 0.1) is 0 Å². The zero-order chi connectivity index (χ0) is 13.4. The average Bonchev–Trinajstić information content (AvgIpc) is 3.03. The normalized spacial score (nSPS) is 13.0. The molecule has 0 spiro atoms.